The van der Waals surface area contributed by atoms with Gasteiger partial charge in [0, 0.05) is 5.57 Å². The molecule has 0 aromatic carbocycles. The molecule has 3 aliphatic rings. The Labute approximate surface area is 233 Å². The molecule has 0 atom stereocenters. The summed E-state index contributed by atoms with van der Waals surface area (Å²) in [6.07, 6.45) is 46.6. The van der Waals surface area contributed by atoms with Gasteiger partial charge in [0.25, 0.3) is 0 Å². The summed E-state index contributed by atoms with van der Waals surface area (Å²) in [4.78, 5) is 9.86. The number of aliphatic carboxylic acids is 1. The Balaban J connectivity index is 0.000000472. The number of hydrogen-bond acceptors (Lipinski definition) is 1. The summed E-state index contributed by atoms with van der Waals surface area (Å²) in [5.74, 6) is -0.845. The summed E-state index contributed by atoms with van der Waals surface area (Å²) >= 11 is 0. The zero-order valence-electron chi connectivity index (χ0n) is 25.6. The first-order chi connectivity index (χ1) is 18.2. The van der Waals surface area contributed by atoms with Gasteiger partial charge in [0.05, 0.1) is 0 Å². The molecule has 0 aliphatic heterocycles. The lowest BCUT2D eigenvalue weighted by Crippen LogP contribution is -1.93. The number of allylic oxidation sites excluding steroid dienone is 1. The maximum atomic E-state index is 9.86. The lowest BCUT2D eigenvalue weighted by molar-refractivity contribution is -0.132. The second-order valence-corrected chi connectivity index (χ2v) is 11.9. The fourth-order valence-electron chi connectivity index (χ4n) is 5.43. The molecule has 3 fully saturated rings. The van der Waals surface area contributed by atoms with Crippen molar-refractivity contribution in [2.24, 2.45) is 0 Å². The van der Waals surface area contributed by atoms with Gasteiger partial charge in [0.15, 0.2) is 0 Å². The third-order valence-corrected chi connectivity index (χ3v) is 8.27. The molecule has 37 heavy (non-hydrogen) atoms. The molecular weight excluding hydrogens is 452 g/mol. The minimum Gasteiger partial charge on any atom is -0.478 e. The van der Waals surface area contributed by atoms with Crippen LogP contribution in [-0.4, -0.2) is 11.1 Å². The van der Waals surface area contributed by atoms with E-state index in [0.29, 0.717) is 5.57 Å². The van der Waals surface area contributed by atoms with E-state index in [9.17, 15) is 4.79 Å². The number of hydrogen-bond donors (Lipinski definition) is 1. The van der Waals surface area contributed by atoms with Gasteiger partial charge in [-0.1, -0.05) is 199 Å². The molecule has 3 aliphatic carbocycles. The van der Waals surface area contributed by atoms with Crippen molar-refractivity contribution in [1.82, 2.24) is 0 Å². The summed E-state index contributed by atoms with van der Waals surface area (Å²) < 4.78 is 0. The Morgan fingerprint density at radius 2 is 0.486 bits per heavy atom. The number of carbonyl (C=O) groups is 1. The standard InChI is InChI=1S/3C10H20.C5H8O2/c3*1-2-4-6-8-10-9-7-5-3-1;1-3-4(2)5(6)7/h3*1-10H2;3H,1-2H3,(H,6,7). The maximum Gasteiger partial charge on any atom is 0.330 e. The van der Waals surface area contributed by atoms with Crippen LogP contribution in [0.15, 0.2) is 11.6 Å². The van der Waals surface area contributed by atoms with E-state index in [1.54, 1.807) is 19.9 Å². The van der Waals surface area contributed by atoms with Gasteiger partial charge in [0.2, 0.25) is 0 Å². The zero-order chi connectivity index (χ0) is 27.1. The van der Waals surface area contributed by atoms with Crippen LogP contribution in [0, 0.1) is 0 Å². The summed E-state index contributed by atoms with van der Waals surface area (Å²) in [5.41, 5.74) is 0.389. The van der Waals surface area contributed by atoms with Crippen LogP contribution < -0.4 is 0 Å². The number of carboxylic acid groups (broad SMARTS) is 1. The second-order valence-electron chi connectivity index (χ2n) is 11.9. The highest BCUT2D eigenvalue weighted by Crippen LogP contribution is 2.17. The molecule has 0 radical (unpaired) electrons. The number of rotatable bonds is 1. The molecule has 1 N–H and O–H groups in total. The van der Waals surface area contributed by atoms with Crippen LogP contribution in [0.5, 0.6) is 0 Å². The molecule has 2 heteroatoms. The van der Waals surface area contributed by atoms with E-state index in [1.807, 2.05) is 0 Å². The topological polar surface area (TPSA) is 37.3 Å². The van der Waals surface area contributed by atoms with Crippen LogP contribution in [0.4, 0.5) is 0 Å². The smallest absolute Gasteiger partial charge is 0.330 e. The molecule has 3 saturated carbocycles. The van der Waals surface area contributed by atoms with Crippen LogP contribution >= 0.6 is 0 Å². The summed E-state index contributed by atoms with van der Waals surface area (Å²) in [7, 11) is 0. The average molecular weight is 521 g/mol. The Morgan fingerprint density at radius 3 is 0.514 bits per heavy atom. The molecule has 220 valence electrons. The van der Waals surface area contributed by atoms with Crippen LogP contribution in [0.25, 0.3) is 0 Å². The van der Waals surface area contributed by atoms with Gasteiger partial charge in [-0.2, -0.15) is 0 Å². The molecule has 0 unspecified atom stereocenters. The molecule has 0 saturated heterocycles. The molecule has 0 bridgehead atoms. The summed E-state index contributed by atoms with van der Waals surface area (Å²) in [5, 5.41) is 8.11. The Bertz CT molecular complexity index is 334. The van der Waals surface area contributed by atoms with Gasteiger partial charge in [-0.05, 0) is 13.8 Å². The predicted molar refractivity (Wildman–Crippen MR) is 166 cm³/mol. The lowest BCUT2D eigenvalue weighted by Gasteiger charge is -2.05. The first-order valence-corrected chi connectivity index (χ1v) is 17.0. The molecular formula is C35H68O2. The lowest BCUT2D eigenvalue weighted by atomic mass is 10.0. The molecule has 0 spiro atoms. The van der Waals surface area contributed by atoms with Gasteiger partial charge in [0.1, 0.15) is 0 Å². The van der Waals surface area contributed by atoms with Gasteiger partial charge in [-0.3, -0.25) is 0 Å². The largest absolute Gasteiger partial charge is 0.478 e. The van der Waals surface area contributed by atoms with E-state index < -0.39 is 5.97 Å². The van der Waals surface area contributed by atoms with Gasteiger partial charge in [-0.15, -0.1) is 0 Å². The summed E-state index contributed by atoms with van der Waals surface area (Å²) in [6.45, 7) is 3.26. The van der Waals surface area contributed by atoms with E-state index >= 15 is 0 Å². The zero-order valence-corrected chi connectivity index (χ0v) is 25.6. The average Bonchev–Trinajstić information content (AvgIpc) is 2.94. The maximum absolute atomic E-state index is 9.86. The molecule has 3 rings (SSSR count). The van der Waals surface area contributed by atoms with E-state index in [2.05, 4.69) is 0 Å². The van der Waals surface area contributed by atoms with Crippen molar-refractivity contribution in [2.45, 2.75) is 206 Å². The van der Waals surface area contributed by atoms with Crippen molar-refractivity contribution >= 4 is 5.97 Å². The van der Waals surface area contributed by atoms with Crippen LogP contribution in [-0.2, 0) is 4.79 Å². The van der Waals surface area contributed by atoms with Crippen molar-refractivity contribution in [3.8, 4) is 0 Å². The second kappa shape index (κ2) is 31.4. The van der Waals surface area contributed by atoms with Gasteiger partial charge >= 0.3 is 5.97 Å². The highest BCUT2D eigenvalue weighted by molar-refractivity contribution is 5.85. The molecule has 2 nitrogen and oxygen atoms in total. The molecule has 0 heterocycles. The monoisotopic (exact) mass is 521 g/mol. The molecule has 0 aromatic rings. The van der Waals surface area contributed by atoms with Crippen LogP contribution in [0.3, 0.4) is 0 Å². The van der Waals surface area contributed by atoms with E-state index in [1.165, 1.54) is 193 Å². The molecule has 0 amide bonds. The van der Waals surface area contributed by atoms with Crippen molar-refractivity contribution in [3.63, 3.8) is 0 Å². The predicted octanol–water partition coefficient (Wildman–Crippen LogP) is 12.7. The summed E-state index contributed by atoms with van der Waals surface area (Å²) in [6, 6.07) is 0. The minimum absolute atomic E-state index is 0.389. The quantitative estimate of drug-likeness (QED) is 0.349. The van der Waals surface area contributed by atoms with Crippen molar-refractivity contribution in [2.75, 3.05) is 0 Å². The first kappa shape index (κ1) is 36.2. The van der Waals surface area contributed by atoms with Crippen molar-refractivity contribution in [3.05, 3.63) is 11.6 Å². The normalized spacial score (nSPS) is 21.6. The Kier molecular flexibility index (Phi) is 30.8. The van der Waals surface area contributed by atoms with Gasteiger partial charge in [-0.25, -0.2) is 4.79 Å². The van der Waals surface area contributed by atoms with E-state index in [0.717, 1.165) is 0 Å². The van der Waals surface area contributed by atoms with Crippen LogP contribution in [0.2, 0.25) is 0 Å². The highest BCUT2D eigenvalue weighted by atomic mass is 16.4. The fraction of sp³-hybridized carbons (Fsp3) is 0.914. The third kappa shape index (κ3) is 31.3. The number of carboxylic acids is 1. The Morgan fingerprint density at radius 1 is 0.378 bits per heavy atom. The SMILES string of the molecule is C1CCCCCCCCC1.C1CCCCCCCCC1.C1CCCCCCCCC1.CC=C(C)C(=O)O. The van der Waals surface area contributed by atoms with Gasteiger partial charge < -0.3 is 5.11 Å². The van der Waals surface area contributed by atoms with E-state index in [-0.39, 0.29) is 0 Å². The highest BCUT2D eigenvalue weighted by Gasteiger charge is 1.98. The minimum atomic E-state index is -0.845. The van der Waals surface area contributed by atoms with E-state index in [4.69, 9.17) is 5.11 Å². The van der Waals surface area contributed by atoms with Crippen molar-refractivity contribution < 1.29 is 9.90 Å². The first-order valence-electron chi connectivity index (χ1n) is 17.0. The third-order valence-electron chi connectivity index (χ3n) is 8.27. The molecule has 0 aromatic heterocycles. The fourth-order valence-corrected chi connectivity index (χ4v) is 5.43. The Hall–Kier alpha value is -0.790. The van der Waals surface area contributed by atoms with Crippen molar-refractivity contribution in [1.29, 1.82) is 0 Å². The van der Waals surface area contributed by atoms with Crippen LogP contribution in [0.1, 0.15) is 206 Å².